The van der Waals surface area contributed by atoms with Crippen LogP contribution < -0.4 is 0 Å². The Labute approximate surface area is 197 Å². The molecule has 176 valence electrons. The Bertz CT molecular complexity index is 1030. The Morgan fingerprint density at radius 3 is 2.79 bits per heavy atom. The van der Waals surface area contributed by atoms with Crippen LogP contribution in [0, 0.1) is 5.82 Å². The summed E-state index contributed by atoms with van der Waals surface area (Å²) < 4.78 is 15.0. The minimum atomic E-state index is -0.249. The summed E-state index contributed by atoms with van der Waals surface area (Å²) >= 11 is 1.42. The molecule has 0 unspecified atom stereocenters. The fraction of sp³-hybridized carbons (Fsp3) is 0.522. The summed E-state index contributed by atoms with van der Waals surface area (Å²) in [4.78, 5) is 14.3. The molecule has 4 rings (SSSR count). The second-order valence-corrected chi connectivity index (χ2v) is 9.49. The molecule has 0 aliphatic heterocycles. The highest BCUT2D eigenvalue weighted by molar-refractivity contribution is 7.99. The van der Waals surface area contributed by atoms with Gasteiger partial charge in [0.25, 0.3) is 0 Å². The van der Waals surface area contributed by atoms with Crippen molar-refractivity contribution in [3.05, 3.63) is 41.8 Å². The summed E-state index contributed by atoms with van der Waals surface area (Å²) in [6, 6.07) is 8.73. The van der Waals surface area contributed by atoms with Gasteiger partial charge in [-0.1, -0.05) is 31.0 Å². The van der Waals surface area contributed by atoms with Gasteiger partial charge in [-0.2, -0.15) is 5.10 Å². The van der Waals surface area contributed by atoms with Crippen LogP contribution in [0.25, 0.3) is 11.3 Å². The average Bonchev–Trinajstić information content (AvgIpc) is 3.59. The lowest BCUT2D eigenvalue weighted by Gasteiger charge is -2.17. The lowest BCUT2D eigenvalue weighted by Crippen LogP contribution is -2.29. The molecule has 2 aromatic heterocycles. The van der Waals surface area contributed by atoms with Crippen molar-refractivity contribution in [2.24, 2.45) is 0 Å². The van der Waals surface area contributed by atoms with Crippen LogP contribution in [0.15, 0.2) is 35.5 Å². The minimum Gasteiger partial charge on any atom is -0.345 e. The van der Waals surface area contributed by atoms with Gasteiger partial charge in [0.05, 0.1) is 17.5 Å². The van der Waals surface area contributed by atoms with Gasteiger partial charge in [-0.3, -0.25) is 9.89 Å². The monoisotopic (exact) mass is 471 g/mol. The second-order valence-electron chi connectivity index (χ2n) is 8.54. The molecule has 0 atom stereocenters. The molecule has 1 saturated carbocycles. The Balaban J connectivity index is 1.13. The smallest absolute Gasteiger partial charge is 0.232 e. The number of hydrogen-bond acceptors (Lipinski definition) is 6. The van der Waals surface area contributed by atoms with Crippen LogP contribution in [0.4, 0.5) is 4.39 Å². The Hall–Kier alpha value is -2.75. The predicted molar refractivity (Wildman–Crippen MR) is 125 cm³/mol. The van der Waals surface area contributed by atoms with Crippen molar-refractivity contribution in [2.75, 3.05) is 19.3 Å². The van der Waals surface area contributed by atoms with Crippen molar-refractivity contribution in [3.8, 4) is 11.3 Å². The lowest BCUT2D eigenvalue weighted by molar-refractivity contribution is -0.127. The van der Waals surface area contributed by atoms with Crippen LogP contribution in [0.5, 0.6) is 0 Å². The number of unbranched alkanes of at least 4 members (excludes halogenated alkanes) is 2. The summed E-state index contributed by atoms with van der Waals surface area (Å²) in [6.45, 7) is 0.733. The zero-order valence-electron chi connectivity index (χ0n) is 18.9. The van der Waals surface area contributed by atoms with Crippen molar-refractivity contribution < 1.29 is 9.18 Å². The van der Waals surface area contributed by atoms with E-state index in [9.17, 15) is 9.18 Å². The van der Waals surface area contributed by atoms with Crippen LogP contribution in [0.3, 0.4) is 0 Å². The molecule has 0 radical (unpaired) electrons. The number of aryl methyl sites for hydroxylation is 1. The molecule has 1 fully saturated rings. The number of thioether (sulfide) groups is 1. The number of H-pyrrole nitrogens is 1. The van der Waals surface area contributed by atoms with Crippen molar-refractivity contribution in [1.82, 2.24) is 35.3 Å². The highest BCUT2D eigenvalue weighted by Crippen LogP contribution is 2.31. The molecule has 33 heavy (non-hydrogen) atoms. The van der Waals surface area contributed by atoms with Crippen molar-refractivity contribution in [1.29, 1.82) is 0 Å². The number of hydrogen-bond donors (Lipinski definition) is 1. The molecule has 0 bridgehead atoms. The summed E-state index contributed by atoms with van der Waals surface area (Å²) in [5.41, 5.74) is 2.79. The van der Waals surface area contributed by atoms with Crippen molar-refractivity contribution >= 4 is 17.7 Å². The number of benzene rings is 1. The number of amides is 1. The summed E-state index contributed by atoms with van der Waals surface area (Å²) in [7, 11) is 1.85. The van der Waals surface area contributed by atoms with Gasteiger partial charge in [-0.25, -0.2) is 9.07 Å². The third-order valence-corrected chi connectivity index (χ3v) is 7.01. The van der Waals surface area contributed by atoms with Crippen LogP contribution in [0.2, 0.25) is 0 Å². The molecule has 3 aromatic rings. The van der Waals surface area contributed by atoms with E-state index in [1.807, 2.05) is 17.8 Å². The molecule has 10 heteroatoms. The van der Waals surface area contributed by atoms with E-state index in [0.29, 0.717) is 11.8 Å². The number of aromatic nitrogens is 6. The minimum absolute atomic E-state index is 0.0958. The molecular formula is C23H30FN7OS. The number of carbonyl (C=O) groups excluding carboxylic acids is 1. The molecule has 1 amide bonds. The maximum Gasteiger partial charge on any atom is 0.232 e. The first-order chi connectivity index (χ1) is 16.1. The van der Waals surface area contributed by atoms with E-state index in [4.69, 9.17) is 0 Å². The zero-order valence-corrected chi connectivity index (χ0v) is 19.7. The highest BCUT2D eigenvalue weighted by atomic mass is 32.2. The zero-order chi connectivity index (χ0) is 23.0. The Morgan fingerprint density at radius 1 is 1.21 bits per heavy atom. The number of nitrogens with one attached hydrogen (secondary N) is 1. The third-order valence-electron chi connectivity index (χ3n) is 6.09. The van der Waals surface area contributed by atoms with E-state index in [2.05, 4.69) is 25.7 Å². The number of halogens is 1. The van der Waals surface area contributed by atoms with E-state index in [-0.39, 0.29) is 11.7 Å². The predicted octanol–water partition coefficient (Wildman–Crippen LogP) is 4.28. The summed E-state index contributed by atoms with van der Waals surface area (Å²) in [6.07, 6.45) is 8.53. The number of aromatic amines is 1. The van der Waals surface area contributed by atoms with Gasteiger partial charge >= 0.3 is 0 Å². The van der Waals surface area contributed by atoms with Crippen LogP contribution in [-0.4, -0.2) is 60.6 Å². The highest BCUT2D eigenvalue weighted by Gasteiger charge is 2.22. The van der Waals surface area contributed by atoms with Crippen LogP contribution >= 0.6 is 11.8 Å². The molecule has 1 N–H and O–H groups in total. The summed E-state index contributed by atoms with van der Waals surface area (Å²) in [5, 5.41) is 20.2. The molecule has 0 spiro atoms. The summed E-state index contributed by atoms with van der Waals surface area (Å²) in [5.74, 6) is 0.198. The maximum atomic E-state index is 13.1. The molecule has 8 nitrogen and oxygen atoms in total. The van der Waals surface area contributed by atoms with Gasteiger partial charge in [0.1, 0.15) is 5.82 Å². The van der Waals surface area contributed by atoms with Crippen LogP contribution in [-0.2, 0) is 11.2 Å². The van der Waals surface area contributed by atoms with Gasteiger partial charge in [-0.05, 0) is 72.9 Å². The van der Waals surface area contributed by atoms with Gasteiger partial charge in [-0.15, -0.1) is 5.10 Å². The largest absolute Gasteiger partial charge is 0.345 e. The van der Waals surface area contributed by atoms with E-state index in [1.54, 1.807) is 17.0 Å². The second kappa shape index (κ2) is 11.4. The fourth-order valence-electron chi connectivity index (χ4n) is 4.12. The van der Waals surface area contributed by atoms with Gasteiger partial charge in [0, 0.05) is 24.8 Å². The first-order valence-corrected chi connectivity index (χ1v) is 12.5. The molecule has 1 aromatic carbocycles. The van der Waals surface area contributed by atoms with Gasteiger partial charge < -0.3 is 4.90 Å². The van der Waals surface area contributed by atoms with E-state index >= 15 is 0 Å². The number of rotatable bonds is 11. The normalized spacial score (nSPS) is 14.1. The first-order valence-electron chi connectivity index (χ1n) is 11.5. The van der Waals surface area contributed by atoms with E-state index < -0.39 is 0 Å². The number of nitrogens with zero attached hydrogens (tertiary/aromatic N) is 6. The van der Waals surface area contributed by atoms with Crippen LogP contribution in [0.1, 0.15) is 56.7 Å². The SMILES string of the molecule is CN(CCCCCc1cc(-c2ccc(F)cc2)n[nH]1)C(=O)CSc1nnnn1C1CCCC1. The average molecular weight is 472 g/mol. The van der Waals surface area contributed by atoms with Gasteiger partial charge in [0.15, 0.2) is 0 Å². The van der Waals surface area contributed by atoms with Gasteiger partial charge in [0.2, 0.25) is 11.1 Å². The third kappa shape index (κ3) is 6.40. The number of carbonyl (C=O) groups is 1. The topological polar surface area (TPSA) is 92.6 Å². The lowest BCUT2D eigenvalue weighted by atomic mass is 10.1. The first kappa shape index (κ1) is 23.4. The molecule has 0 saturated heterocycles. The molecular weight excluding hydrogens is 441 g/mol. The van der Waals surface area contributed by atoms with E-state index in [0.717, 1.165) is 67.2 Å². The van der Waals surface area contributed by atoms with E-state index in [1.165, 1.54) is 36.7 Å². The Morgan fingerprint density at radius 2 is 2.00 bits per heavy atom. The molecule has 1 aliphatic carbocycles. The molecule has 1 aliphatic rings. The standard InChI is InChI=1S/C23H30FN7OS/c1-30(22(32)16-33-23-27-28-29-31(23)20-8-4-5-9-20)14-6-2-3-7-19-15-21(26-25-19)17-10-12-18(24)13-11-17/h10-13,15,20H,2-9,14,16H2,1H3,(H,25,26). The Kier molecular flexibility index (Phi) is 8.09. The quantitative estimate of drug-likeness (QED) is 0.331. The van der Waals surface area contributed by atoms with Crippen molar-refractivity contribution in [3.63, 3.8) is 0 Å². The van der Waals surface area contributed by atoms with Crippen molar-refractivity contribution in [2.45, 2.75) is 62.6 Å². The molecule has 2 heterocycles. The maximum absolute atomic E-state index is 13.1. The number of tetrazole rings is 1. The fourth-order valence-corrected chi connectivity index (χ4v) is 5.00.